The fourth-order valence-electron chi connectivity index (χ4n) is 3.63. The van der Waals surface area contributed by atoms with Crippen molar-refractivity contribution in [2.45, 2.75) is 12.3 Å². The van der Waals surface area contributed by atoms with Crippen molar-refractivity contribution >= 4 is 17.3 Å². The Balaban J connectivity index is 1.53. The molecule has 1 unspecified atom stereocenters. The molecule has 2 heterocycles. The molecule has 5 nitrogen and oxygen atoms in total. The third-order valence-corrected chi connectivity index (χ3v) is 5.20. The third-order valence-electron chi connectivity index (χ3n) is 5.20. The molecule has 1 aliphatic heterocycles. The van der Waals surface area contributed by atoms with Gasteiger partial charge in [-0.1, -0.05) is 36.4 Å². The summed E-state index contributed by atoms with van der Waals surface area (Å²) < 4.78 is 5.44. The highest BCUT2D eigenvalue weighted by atomic mass is 16.5. The third kappa shape index (κ3) is 5.00. The monoisotopic (exact) mass is 387 g/mol. The quantitative estimate of drug-likeness (QED) is 0.697. The van der Waals surface area contributed by atoms with Crippen LogP contribution < -0.4 is 10.2 Å². The van der Waals surface area contributed by atoms with Gasteiger partial charge in [0.15, 0.2) is 0 Å². The Bertz CT molecular complexity index is 925. The van der Waals surface area contributed by atoms with Crippen LogP contribution in [0.1, 0.15) is 17.0 Å². The number of carbonyl (C=O) groups excluding carboxylic acids is 1. The van der Waals surface area contributed by atoms with Crippen molar-refractivity contribution < 1.29 is 9.53 Å². The normalized spacial score (nSPS) is 15.0. The van der Waals surface area contributed by atoms with Crippen LogP contribution in [-0.2, 0) is 16.0 Å². The fraction of sp³-hybridized carbons (Fsp3) is 0.250. The zero-order chi connectivity index (χ0) is 19.9. The number of nitrogens with zero attached hydrogens (tertiary/aromatic N) is 2. The van der Waals surface area contributed by atoms with Gasteiger partial charge in [0.25, 0.3) is 0 Å². The zero-order valence-corrected chi connectivity index (χ0v) is 16.3. The molecule has 1 saturated heterocycles. The number of benzene rings is 2. The second-order valence-electron chi connectivity index (χ2n) is 7.16. The van der Waals surface area contributed by atoms with Crippen molar-refractivity contribution in [1.82, 2.24) is 4.98 Å². The van der Waals surface area contributed by atoms with Crippen LogP contribution in [0.2, 0.25) is 0 Å². The molecule has 1 aromatic heterocycles. The molecule has 29 heavy (non-hydrogen) atoms. The maximum Gasteiger partial charge on any atom is 0.232 e. The minimum absolute atomic E-state index is 0.00728. The van der Waals surface area contributed by atoms with Gasteiger partial charge in [-0.15, -0.1) is 0 Å². The molecule has 1 aliphatic rings. The van der Waals surface area contributed by atoms with Crippen LogP contribution >= 0.6 is 0 Å². The lowest BCUT2D eigenvalue weighted by molar-refractivity contribution is -0.117. The second-order valence-corrected chi connectivity index (χ2v) is 7.16. The molecule has 2 aromatic carbocycles. The fourth-order valence-corrected chi connectivity index (χ4v) is 3.63. The number of aromatic nitrogens is 1. The molecule has 0 spiro atoms. The first-order chi connectivity index (χ1) is 14.3. The Kier molecular flexibility index (Phi) is 6.17. The molecule has 0 saturated carbocycles. The Labute approximate surface area is 171 Å². The molecule has 1 atom stereocenters. The molecule has 0 bridgehead atoms. The van der Waals surface area contributed by atoms with Crippen LogP contribution in [0.4, 0.5) is 11.4 Å². The summed E-state index contributed by atoms with van der Waals surface area (Å²) in [5, 5.41) is 3.13. The molecular formula is C24H25N3O2. The number of carbonyl (C=O) groups is 1. The number of ether oxygens (including phenoxy) is 1. The van der Waals surface area contributed by atoms with E-state index in [1.165, 1.54) is 0 Å². The standard InChI is InChI=1S/C24H25N3O2/c28-24(26-21-7-4-8-22(18-21)27-13-15-29-16-14-27)23(20-5-2-1-3-6-20)17-19-9-11-25-12-10-19/h1-12,18,23H,13-17H2,(H,26,28). The predicted octanol–water partition coefficient (Wildman–Crippen LogP) is 3.88. The summed E-state index contributed by atoms with van der Waals surface area (Å²) in [7, 11) is 0. The van der Waals surface area contributed by atoms with E-state index >= 15 is 0 Å². The summed E-state index contributed by atoms with van der Waals surface area (Å²) >= 11 is 0. The average molecular weight is 387 g/mol. The Morgan fingerprint density at radius 3 is 2.52 bits per heavy atom. The number of anilines is 2. The SMILES string of the molecule is O=C(Nc1cccc(N2CCOCC2)c1)C(Cc1ccncc1)c1ccccc1. The predicted molar refractivity (Wildman–Crippen MR) is 115 cm³/mol. The van der Waals surface area contributed by atoms with Crippen LogP contribution in [0.3, 0.4) is 0 Å². The van der Waals surface area contributed by atoms with E-state index in [0.717, 1.165) is 48.8 Å². The Morgan fingerprint density at radius 1 is 1.00 bits per heavy atom. The maximum absolute atomic E-state index is 13.2. The maximum atomic E-state index is 13.2. The molecule has 1 amide bonds. The highest BCUT2D eigenvalue weighted by molar-refractivity contribution is 5.96. The zero-order valence-electron chi connectivity index (χ0n) is 16.3. The number of hydrogen-bond acceptors (Lipinski definition) is 4. The summed E-state index contributed by atoms with van der Waals surface area (Å²) in [5.74, 6) is -0.280. The highest BCUT2D eigenvalue weighted by Crippen LogP contribution is 2.25. The first kappa shape index (κ1) is 19.2. The van der Waals surface area contributed by atoms with E-state index in [-0.39, 0.29) is 11.8 Å². The summed E-state index contributed by atoms with van der Waals surface area (Å²) in [5.41, 5.74) is 4.02. The van der Waals surface area contributed by atoms with Crippen molar-refractivity contribution in [3.63, 3.8) is 0 Å². The number of rotatable bonds is 6. The second kappa shape index (κ2) is 9.34. The van der Waals surface area contributed by atoms with Gasteiger partial charge >= 0.3 is 0 Å². The minimum atomic E-state index is -0.273. The van der Waals surface area contributed by atoms with Crippen LogP contribution in [0, 0.1) is 0 Å². The van der Waals surface area contributed by atoms with Gasteiger partial charge in [-0.3, -0.25) is 9.78 Å². The van der Waals surface area contributed by atoms with Crippen LogP contribution in [0.25, 0.3) is 0 Å². The van der Waals surface area contributed by atoms with E-state index in [1.54, 1.807) is 12.4 Å². The molecule has 0 radical (unpaired) electrons. The number of hydrogen-bond donors (Lipinski definition) is 1. The first-order valence-corrected chi connectivity index (χ1v) is 9.97. The molecular weight excluding hydrogens is 362 g/mol. The van der Waals surface area contributed by atoms with Gasteiger partial charge in [-0.05, 0) is 47.9 Å². The van der Waals surface area contributed by atoms with E-state index in [9.17, 15) is 4.79 Å². The van der Waals surface area contributed by atoms with E-state index in [2.05, 4.69) is 21.3 Å². The van der Waals surface area contributed by atoms with Crippen molar-refractivity contribution in [2.24, 2.45) is 0 Å². The van der Waals surface area contributed by atoms with Gasteiger partial charge in [-0.25, -0.2) is 0 Å². The molecule has 148 valence electrons. The molecule has 1 N–H and O–H groups in total. The Hall–Kier alpha value is -3.18. The lowest BCUT2D eigenvalue weighted by atomic mass is 9.91. The van der Waals surface area contributed by atoms with E-state index in [0.29, 0.717) is 6.42 Å². The van der Waals surface area contributed by atoms with Crippen molar-refractivity contribution in [3.8, 4) is 0 Å². The molecule has 1 fully saturated rings. The largest absolute Gasteiger partial charge is 0.378 e. The summed E-state index contributed by atoms with van der Waals surface area (Å²) in [6.07, 6.45) is 4.16. The van der Waals surface area contributed by atoms with E-state index in [1.807, 2.05) is 60.7 Å². The van der Waals surface area contributed by atoms with Gasteiger partial charge in [0.1, 0.15) is 0 Å². The van der Waals surface area contributed by atoms with E-state index < -0.39 is 0 Å². The van der Waals surface area contributed by atoms with Gasteiger partial charge in [0.2, 0.25) is 5.91 Å². The summed E-state index contributed by atoms with van der Waals surface area (Å²) in [6.45, 7) is 3.20. The summed E-state index contributed by atoms with van der Waals surface area (Å²) in [6, 6.07) is 21.9. The highest BCUT2D eigenvalue weighted by Gasteiger charge is 2.21. The van der Waals surface area contributed by atoms with Crippen LogP contribution in [0.5, 0.6) is 0 Å². The lowest BCUT2D eigenvalue weighted by Crippen LogP contribution is -2.36. The number of morpholine rings is 1. The summed E-state index contributed by atoms with van der Waals surface area (Å²) in [4.78, 5) is 19.6. The molecule has 4 rings (SSSR count). The van der Waals surface area contributed by atoms with E-state index in [4.69, 9.17) is 4.74 Å². The number of amides is 1. The Morgan fingerprint density at radius 2 is 1.76 bits per heavy atom. The average Bonchev–Trinajstić information content (AvgIpc) is 2.79. The smallest absolute Gasteiger partial charge is 0.232 e. The number of nitrogens with one attached hydrogen (secondary N) is 1. The van der Waals surface area contributed by atoms with Crippen molar-refractivity contribution in [1.29, 1.82) is 0 Å². The van der Waals surface area contributed by atoms with Gasteiger partial charge in [0.05, 0.1) is 19.1 Å². The van der Waals surface area contributed by atoms with Crippen molar-refractivity contribution in [3.05, 3.63) is 90.3 Å². The molecule has 5 heteroatoms. The van der Waals surface area contributed by atoms with Crippen molar-refractivity contribution in [2.75, 3.05) is 36.5 Å². The lowest BCUT2D eigenvalue weighted by Gasteiger charge is -2.29. The molecule has 0 aliphatic carbocycles. The van der Waals surface area contributed by atoms with Gasteiger partial charge in [-0.2, -0.15) is 0 Å². The van der Waals surface area contributed by atoms with Gasteiger partial charge in [0, 0.05) is 36.9 Å². The number of pyridine rings is 1. The topological polar surface area (TPSA) is 54.5 Å². The molecule has 3 aromatic rings. The minimum Gasteiger partial charge on any atom is -0.378 e. The first-order valence-electron chi connectivity index (χ1n) is 9.97. The van der Waals surface area contributed by atoms with Crippen LogP contribution in [0.15, 0.2) is 79.1 Å². The van der Waals surface area contributed by atoms with Gasteiger partial charge < -0.3 is 15.0 Å². The van der Waals surface area contributed by atoms with Crippen LogP contribution in [-0.4, -0.2) is 37.2 Å².